The molecule has 0 spiro atoms. The summed E-state index contributed by atoms with van der Waals surface area (Å²) in [5.74, 6) is 0.719. The third-order valence-corrected chi connectivity index (χ3v) is 8.32. The topological polar surface area (TPSA) is 139 Å². The van der Waals surface area contributed by atoms with E-state index in [2.05, 4.69) is 42.9 Å². The summed E-state index contributed by atoms with van der Waals surface area (Å²) < 4.78 is 8.40. The molecule has 6 rings (SSSR count). The maximum Gasteiger partial charge on any atom is 0.300 e. The second kappa shape index (κ2) is 13.9. The Bertz CT molecular complexity index is 1590. The summed E-state index contributed by atoms with van der Waals surface area (Å²) in [5, 5.41) is 11.2. The fraction of sp³-hybridized carbons (Fsp3) is 0.394. The third-order valence-electron chi connectivity index (χ3n) is 8.32. The van der Waals surface area contributed by atoms with Crippen molar-refractivity contribution in [2.75, 3.05) is 44.3 Å². The van der Waals surface area contributed by atoms with Crippen LogP contribution in [0, 0.1) is 0 Å². The number of piperazine rings is 1. The Hall–Kier alpha value is -4.48. The lowest BCUT2D eigenvalue weighted by atomic mass is 9.89. The van der Waals surface area contributed by atoms with Crippen LogP contribution < -0.4 is 15.8 Å². The molecule has 2 aliphatic rings. The van der Waals surface area contributed by atoms with E-state index in [1.54, 1.807) is 6.33 Å². The van der Waals surface area contributed by atoms with Crippen LogP contribution >= 0.6 is 0 Å². The van der Waals surface area contributed by atoms with Gasteiger partial charge >= 0.3 is 0 Å². The minimum absolute atomic E-state index is 0.169. The van der Waals surface area contributed by atoms with Crippen molar-refractivity contribution in [3.63, 3.8) is 0 Å². The highest BCUT2D eigenvalue weighted by molar-refractivity contribution is 6.02. The second-order valence-electron chi connectivity index (χ2n) is 11.5. The standard InChI is InChI=1S/C31H37N7O2.C2H4O2/c1-21(39)35-27-18-22(8-13-28(27)40-25-6-4-3-5-7-25)26-19-38(31-29(26)30(32)33-20-34-31)24-11-9-23(10-12-24)37-16-14-36(2)15-17-37;1-2(3)4/h3-8,13,18-20,23-24H,9-12,14-17H2,1-2H3,(H,35,39)(H2,32,33,34);1H3,(H,3,4). The number of nitrogens with zero attached hydrogens (tertiary/aromatic N) is 5. The van der Waals surface area contributed by atoms with E-state index < -0.39 is 5.97 Å². The lowest BCUT2D eigenvalue weighted by Crippen LogP contribution is -2.49. The largest absolute Gasteiger partial charge is 0.481 e. The predicted octanol–water partition coefficient (Wildman–Crippen LogP) is 5.25. The Morgan fingerprint density at radius 3 is 2.27 bits per heavy atom. The molecule has 2 aromatic carbocycles. The van der Waals surface area contributed by atoms with Gasteiger partial charge in [-0.05, 0) is 62.6 Å². The third kappa shape index (κ3) is 7.35. The first kappa shape index (κ1) is 31.0. The van der Waals surface area contributed by atoms with Gasteiger partial charge in [0, 0.05) is 63.9 Å². The molecule has 2 fully saturated rings. The highest BCUT2D eigenvalue weighted by Gasteiger charge is 2.30. The number of hydrogen-bond acceptors (Lipinski definition) is 8. The van der Waals surface area contributed by atoms with Crippen LogP contribution in [0.2, 0.25) is 0 Å². The van der Waals surface area contributed by atoms with Crippen molar-refractivity contribution in [2.45, 2.75) is 51.6 Å². The number of likely N-dealkylation sites (N-methyl/N-ethyl adjacent to an activating group) is 1. The van der Waals surface area contributed by atoms with E-state index in [-0.39, 0.29) is 5.91 Å². The van der Waals surface area contributed by atoms with Gasteiger partial charge in [-0.15, -0.1) is 0 Å². The number of aliphatic carboxylic acids is 1. The van der Waals surface area contributed by atoms with Crippen LogP contribution in [0.3, 0.4) is 0 Å². The molecule has 4 N–H and O–H groups in total. The fourth-order valence-electron chi connectivity index (χ4n) is 6.18. The number of carboxylic acid groups (broad SMARTS) is 1. The molecule has 0 atom stereocenters. The Morgan fingerprint density at radius 1 is 0.955 bits per heavy atom. The number of para-hydroxylation sites is 1. The second-order valence-corrected chi connectivity index (χ2v) is 11.5. The van der Waals surface area contributed by atoms with Crippen molar-refractivity contribution < 1.29 is 19.4 Å². The van der Waals surface area contributed by atoms with Gasteiger partial charge in [-0.3, -0.25) is 14.5 Å². The summed E-state index contributed by atoms with van der Waals surface area (Å²) in [5.41, 5.74) is 9.77. The van der Waals surface area contributed by atoms with Gasteiger partial charge in [0.25, 0.3) is 5.97 Å². The van der Waals surface area contributed by atoms with Gasteiger partial charge in [0.2, 0.25) is 5.91 Å². The number of carbonyl (C=O) groups excluding carboxylic acids is 1. The molecular formula is C33H41N7O4. The van der Waals surface area contributed by atoms with Crippen LogP contribution in [-0.2, 0) is 9.59 Å². The number of anilines is 2. The van der Waals surface area contributed by atoms with Gasteiger partial charge < -0.3 is 30.4 Å². The number of aromatic nitrogens is 3. The number of carboxylic acids is 1. The van der Waals surface area contributed by atoms with Gasteiger partial charge in [-0.1, -0.05) is 24.3 Å². The van der Waals surface area contributed by atoms with Crippen molar-refractivity contribution in [2.24, 2.45) is 0 Å². The molecular weight excluding hydrogens is 558 g/mol. The normalized spacial score (nSPS) is 19.2. The Morgan fingerprint density at radius 2 is 1.61 bits per heavy atom. The molecule has 1 amide bonds. The number of nitrogens with two attached hydrogens (primary N) is 1. The minimum Gasteiger partial charge on any atom is -0.481 e. The van der Waals surface area contributed by atoms with Crippen molar-refractivity contribution in [1.82, 2.24) is 24.3 Å². The van der Waals surface area contributed by atoms with E-state index in [1.807, 2.05) is 48.5 Å². The lowest BCUT2D eigenvalue weighted by molar-refractivity contribution is -0.134. The number of amides is 1. The summed E-state index contributed by atoms with van der Waals surface area (Å²) in [7, 11) is 2.21. The molecule has 4 aromatic rings. The van der Waals surface area contributed by atoms with Crippen LogP contribution in [0.15, 0.2) is 61.1 Å². The summed E-state index contributed by atoms with van der Waals surface area (Å²) in [6.45, 7) is 7.20. The molecule has 3 heterocycles. The van der Waals surface area contributed by atoms with Crippen LogP contribution in [0.5, 0.6) is 11.5 Å². The van der Waals surface area contributed by atoms with Crippen molar-refractivity contribution in [3.05, 3.63) is 61.1 Å². The average Bonchev–Trinajstić information content (AvgIpc) is 3.40. The molecule has 11 nitrogen and oxygen atoms in total. The number of benzene rings is 2. The lowest BCUT2D eigenvalue weighted by Gasteiger charge is -2.41. The molecule has 1 saturated carbocycles. The van der Waals surface area contributed by atoms with Gasteiger partial charge in [0.05, 0.1) is 11.1 Å². The maximum atomic E-state index is 12.1. The predicted molar refractivity (Wildman–Crippen MR) is 172 cm³/mol. The fourth-order valence-corrected chi connectivity index (χ4v) is 6.18. The van der Waals surface area contributed by atoms with E-state index in [4.69, 9.17) is 20.4 Å². The van der Waals surface area contributed by atoms with Gasteiger partial charge in [-0.2, -0.15) is 0 Å². The first-order valence-corrected chi connectivity index (χ1v) is 15.1. The minimum atomic E-state index is -0.833. The zero-order chi connectivity index (χ0) is 31.2. The molecule has 44 heavy (non-hydrogen) atoms. The van der Waals surface area contributed by atoms with Crippen molar-refractivity contribution >= 4 is 34.4 Å². The maximum absolute atomic E-state index is 12.1. The summed E-state index contributed by atoms with van der Waals surface area (Å²) in [6.07, 6.45) is 8.29. The number of nitrogen functional groups attached to an aromatic ring is 1. The van der Waals surface area contributed by atoms with E-state index in [1.165, 1.54) is 19.8 Å². The van der Waals surface area contributed by atoms with E-state index >= 15 is 0 Å². The number of nitrogens with one attached hydrogen (secondary N) is 1. The van der Waals surface area contributed by atoms with E-state index in [9.17, 15) is 4.79 Å². The van der Waals surface area contributed by atoms with Gasteiger partial charge in [-0.25, -0.2) is 9.97 Å². The molecule has 0 radical (unpaired) electrons. The zero-order valence-corrected chi connectivity index (χ0v) is 25.6. The van der Waals surface area contributed by atoms with E-state index in [0.29, 0.717) is 35.1 Å². The monoisotopic (exact) mass is 599 g/mol. The quantitative estimate of drug-likeness (QED) is 0.271. The van der Waals surface area contributed by atoms with Crippen molar-refractivity contribution in [1.29, 1.82) is 0 Å². The van der Waals surface area contributed by atoms with E-state index in [0.717, 1.165) is 68.1 Å². The van der Waals surface area contributed by atoms with Gasteiger partial charge in [0.15, 0.2) is 5.75 Å². The molecule has 0 unspecified atom stereocenters. The van der Waals surface area contributed by atoms with Crippen LogP contribution in [-0.4, -0.2) is 80.6 Å². The average molecular weight is 600 g/mol. The molecule has 2 aromatic heterocycles. The number of hydrogen-bond donors (Lipinski definition) is 3. The molecule has 0 bridgehead atoms. The molecule has 1 saturated heterocycles. The molecule has 232 valence electrons. The highest BCUT2D eigenvalue weighted by atomic mass is 16.5. The smallest absolute Gasteiger partial charge is 0.300 e. The Labute approximate surface area is 257 Å². The summed E-state index contributed by atoms with van der Waals surface area (Å²) in [6, 6.07) is 16.4. The van der Waals surface area contributed by atoms with Crippen molar-refractivity contribution in [3.8, 4) is 22.6 Å². The van der Waals surface area contributed by atoms with Crippen LogP contribution in [0.4, 0.5) is 11.5 Å². The molecule has 1 aliphatic heterocycles. The Balaban J connectivity index is 0.000000906. The summed E-state index contributed by atoms with van der Waals surface area (Å²) in [4.78, 5) is 35.2. The SMILES string of the molecule is CC(=O)Nc1cc(-c2cn(C3CCC(N4CCN(C)CC4)CC3)c3ncnc(N)c23)ccc1Oc1ccccc1.CC(=O)O. The number of carbonyl (C=O) groups is 2. The Kier molecular flexibility index (Phi) is 9.76. The molecule has 1 aliphatic carbocycles. The number of ether oxygens (including phenoxy) is 1. The highest BCUT2D eigenvalue weighted by Crippen LogP contribution is 2.41. The number of fused-ring (bicyclic) bond motifs is 1. The molecule has 11 heteroatoms. The first-order chi connectivity index (χ1) is 21.2. The first-order valence-electron chi connectivity index (χ1n) is 15.1. The number of rotatable bonds is 6. The summed E-state index contributed by atoms with van der Waals surface area (Å²) >= 11 is 0. The zero-order valence-electron chi connectivity index (χ0n) is 25.6. The van der Waals surface area contributed by atoms with Gasteiger partial charge in [0.1, 0.15) is 23.5 Å². The van der Waals surface area contributed by atoms with Crippen LogP contribution in [0.25, 0.3) is 22.2 Å². The van der Waals surface area contributed by atoms with Crippen LogP contribution in [0.1, 0.15) is 45.6 Å².